The summed E-state index contributed by atoms with van der Waals surface area (Å²) in [6, 6.07) is 0. The van der Waals surface area contributed by atoms with Gasteiger partial charge in [0.1, 0.15) is 13.2 Å². The fourth-order valence-corrected chi connectivity index (χ4v) is 6.49. The zero-order valence-electron chi connectivity index (χ0n) is 33.2. The van der Waals surface area contributed by atoms with Gasteiger partial charge in [-0.05, 0) is 151 Å². The Morgan fingerprint density at radius 2 is 1.18 bits per heavy atom. The Kier molecular flexibility index (Phi) is 22.2. The van der Waals surface area contributed by atoms with Crippen molar-refractivity contribution in [2.24, 2.45) is 11.8 Å². The van der Waals surface area contributed by atoms with E-state index in [-0.39, 0.29) is 44.2 Å². The molecule has 0 aromatic heterocycles. The molecule has 0 saturated carbocycles. The van der Waals surface area contributed by atoms with E-state index in [0.29, 0.717) is 18.9 Å². The normalized spacial score (nSPS) is 18.0. The van der Waals surface area contributed by atoms with Crippen molar-refractivity contribution in [1.29, 1.82) is 0 Å². The molecular weight excluding hydrogens is 638 g/mol. The molecule has 7 nitrogen and oxygen atoms in total. The monoisotopic (exact) mass is 708 g/mol. The SMILES string of the molecule is CC(C)=CCC/C(C)=C/CCC1=CCC(CCOC(=O)CN(C)CC(=O)OCCOC(=O)C2CC=C(CC/C=C(\C)CCC=C(C)C)CC2)CC1. The minimum Gasteiger partial charge on any atom is -0.465 e. The Hall–Kier alpha value is -3.19. The zero-order chi connectivity index (χ0) is 37.4. The van der Waals surface area contributed by atoms with E-state index >= 15 is 0 Å². The van der Waals surface area contributed by atoms with Crippen molar-refractivity contribution >= 4 is 17.9 Å². The zero-order valence-corrected chi connectivity index (χ0v) is 33.2. The van der Waals surface area contributed by atoms with E-state index < -0.39 is 5.97 Å². The number of ether oxygens (including phenoxy) is 3. The van der Waals surface area contributed by atoms with Gasteiger partial charge in [-0.2, -0.15) is 0 Å². The third-order valence-corrected chi connectivity index (χ3v) is 9.73. The Morgan fingerprint density at radius 1 is 0.667 bits per heavy atom. The second-order valence-electron chi connectivity index (χ2n) is 15.2. The number of nitrogens with zero attached hydrogens (tertiary/aromatic N) is 1. The van der Waals surface area contributed by atoms with Gasteiger partial charge in [-0.1, -0.05) is 69.9 Å². The number of likely N-dealkylation sites (N-methyl/N-ethyl adjacent to an activating group) is 1. The molecule has 0 fully saturated rings. The molecule has 0 N–H and O–H groups in total. The van der Waals surface area contributed by atoms with Crippen LogP contribution in [0.3, 0.4) is 0 Å². The van der Waals surface area contributed by atoms with Gasteiger partial charge in [-0.15, -0.1) is 0 Å². The van der Waals surface area contributed by atoms with Crippen LogP contribution in [0.1, 0.15) is 138 Å². The number of allylic oxidation sites excluding steroid dienone is 12. The number of carbonyl (C=O) groups excluding carboxylic acids is 3. The van der Waals surface area contributed by atoms with Crippen LogP contribution < -0.4 is 0 Å². The lowest BCUT2D eigenvalue weighted by Gasteiger charge is -2.22. The molecule has 0 aromatic rings. The first-order valence-electron chi connectivity index (χ1n) is 19.5. The van der Waals surface area contributed by atoms with Crippen LogP contribution in [0, 0.1) is 11.8 Å². The molecule has 2 rings (SSSR count). The summed E-state index contributed by atoms with van der Waals surface area (Å²) in [4.78, 5) is 38.7. The number of hydrogen-bond acceptors (Lipinski definition) is 7. The van der Waals surface area contributed by atoms with E-state index in [1.807, 2.05) is 0 Å². The van der Waals surface area contributed by atoms with Gasteiger partial charge >= 0.3 is 17.9 Å². The van der Waals surface area contributed by atoms with Gasteiger partial charge in [-0.25, -0.2) is 0 Å². The topological polar surface area (TPSA) is 82.1 Å². The van der Waals surface area contributed by atoms with Crippen molar-refractivity contribution in [3.63, 3.8) is 0 Å². The summed E-state index contributed by atoms with van der Waals surface area (Å²) in [5.41, 5.74) is 8.63. The molecule has 0 aliphatic heterocycles. The van der Waals surface area contributed by atoms with Crippen LogP contribution in [0.4, 0.5) is 0 Å². The molecule has 2 aliphatic carbocycles. The maximum Gasteiger partial charge on any atom is 0.320 e. The largest absolute Gasteiger partial charge is 0.465 e. The molecule has 2 aliphatic rings. The molecule has 0 saturated heterocycles. The van der Waals surface area contributed by atoms with Crippen LogP contribution in [-0.4, -0.2) is 62.8 Å². The summed E-state index contributed by atoms with van der Waals surface area (Å²) in [5.74, 6) is -0.636. The van der Waals surface area contributed by atoms with Crippen LogP contribution >= 0.6 is 0 Å². The lowest BCUT2D eigenvalue weighted by molar-refractivity contribution is -0.156. The van der Waals surface area contributed by atoms with Crippen molar-refractivity contribution in [2.45, 2.75) is 138 Å². The Balaban J connectivity index is 1.51. The van der Waals surface area contributed by atoms with Gasteiger partial charge in [-0.3, -0.25) is 19.3 Å². The Labute approximate surface area is 310 Å². The highest BCUT2D eigenvalue weighted by Crippen LogP contribution is 2.29. The van der Waals surface area contributed by atoms with Crippen molar-refractivity contribution in [1.82, 2.24) is 4.90 Å². The van der Waals surface area contributed by atoms with Gasteiger partial charge < -0.3 is 14.2 Å². The summed E-state index contributed by atoms with van der Waals surface area (Å²) >= 11 is 0. The minimum atomic E-state index is -0.466. The molecule has 0 aromatic carbocycles. The molecule has 286 valence electrons. The molecule has 51 heavy (non-hydrogen) atoms. The van der Waals surface area contributed by atoms with Crippen LogP contribution in [0.15, 0.2) is 69.9 Å². The fourth-order valence-electron chi connectivity index (χ4n) is 6.49. The molecule has 0 radical (unpaired) electrons. The molecule has 0 amide bonds. The maximum atomic E-state index is 12.5. The third kappa shape index (κ3) is 21.7. The lowest BCUT2D eigenvalue weighted by Crippen LogP contribution is -2.33. The Morgan fingerprint density at radius 3 is 1.67 bits per heavy atom. The van der Waals surface area contributed by atoms with E-state index in [1.54, 1.807) is 17.5 Å². The maximum absolute atomic E-state index is 12.5. The third-order valence-electron chi connectivity index (χ3n) is 9.73. The average molecular weight is 708 g/mol. The van der Waals surface area contributed by atoms with Crippen LogP contribution in [0.25, 0.3) is 0 Å². The first-order valence-corrected chi connectivity index (χ1v) is 19.5. The molecule has 2 atom stereocenters. The van der Waals surface area contributed by atoms with Crippen molar-refractivity contribution < 1.29 is 28.6 Å². The van der Waals surface area contributed by atoms with Gasteiger partial charge in [0, 0.05) is 0 Å². The van der Waals surface area contributed by atoms with Crippen molar-refractivity contribution in [3.05, 3.63) is 69.9 Å². The lowest BCUT2D eigenvalue weighted by atomic mass is 9.86. The van der Waals surface area contributed by atoms with E-state index in [1.165, 1.54) is 27.9 Å². The predicted octanol–water partition coefficient (Wildman–Crippen LogP) is 10.3. The van der Waals surface area contributed by atoms with Gasteiger partial charge in [0.05, 0.1) is 25.6 Å². The summed E-state index contributed by atoms with van der Waals surface area (Å²) < 4.78 is 16.1. The predicted molar refractivity (Wildman–Crippen MR) is 209 cm³/mol. The molecule has 2 unspecified atom stereocenters. The second-order valence-corrected chi connectivity index (χ2v) is 15.2. The van der Waals surface area contributed by atoms with Crippen LogP contribution in [-0.2, 0) is 28.6 Å². The molecular formula is C44H69NO6. The van der Waals surface area contributed by atoms with Crippen LogP contribution in [0.2, 0.25) is 0 Å². The van der Waals surface area contributed by atoms with Crippen molar-refractivity contribution in [2.75, 3.05) is 40.0 Å². The van der Waals surface area contributed by atoms with Gasteiger partial charge in [0.2, 0.25) is 0 Å². The van der Waals surface area contributed by atoms with Crippen molar-refractivity contribution in [3.8, 4) is 0 Å². The highest BCUT2D eigenvalue weighted by molar-refractivity contribution is 5.75. The summed E-state index contributed by atoms with van der Waals surface area (Å²) in [5, 5.41) is 0. The van der Waals surface area contributed by atoms with E-state index in [9.17, 15) is 14.4 Å². The number of carbonyl (C=O) groups is 3. The van der Waals surface area contributed by atoms with E-state index in [0.717, 1.165) is 89.9 Å². The summed E-state index contributed by atoms with van der Waals surface area (Å²) in [6.45, 7) is 13.4. The first kappa shape index (κ1) is 44.0. The summed E-state index contributed by atoms with van der Waals surface area (Å²) in [7, 11) is 1.68. The molecule has 0 spiro atoms. The first-order chi connectivity index (χ1) is 24.4. The number of hydrogen-bond donors (Lipinski definition) is 0. The standard InChI is InChI=1S/C44H69NO6/c1-34(2)12-8-14-36(5)16-10-18-38-20-22-40(23-21-38)28-29-49-42(46)32-45(7)33-43(47)50-30-31-51-44(48)41-26-24-39(25-27-41)19-11-17-37(6)15-9-13-35(3)4/h12-13,16-17,20,24,40-41H,8-11,14-15,18-19,21-23,25-33H2,1-7H3/b36-16+,37-17+. The molecule has 7 heteroatoms. The highest BCUT2D eigenvalue weighted by atomic mass is 16.6. The highest BCUT2D eigenvalue weighted by Gasteiger charge is 2.23. The van der Waals surface area contributed by atoms with Crippen LogP contribution in [0.5, 0.6) is 0 Å². The second kappa shape index (κ2) is 25.7. The summed E-state index contributed by atoms with van der Waals surface area (Å²) in [6.07, 6.45) is 29.3. The van der Waals surface area contributed by atoms with E-state index in [2.05, 4.69) is 78.0 Å². The number of esters is 3. The quantitative estimate of drug-likeness (QED) is 0.0452. The van der Waals surface area contributed by atoms with Gasteiger partial charge in [0.15, 0.2) is 0 Å². The number of rotatable bonds is 23. The smallest absolute Gasteiger partial charge is 0.320 e. The van der Waals surface area contributed by atoms with E-state index in [4.69, 9.17) is 14.2 Å². The minimum absolute atomic E-state index is 0.000462. The Bertz CT molecular complexity index is 1270. The average Bonchev–Trinajstić information content (AvgIpc) is 3.07. The molecule has 0 heterocycles. The fraction of sp³-hybridized carbons (Fsp3) is 0.659. The molecule has 0 bridgehead atoms. The van der Waals surface area contributed by atoms with Gasteiger partial charge in [0.25, 0.3) is 0 Å².